The summed E-state index contributed by atoms with van der Waals surface area (Å²) in [5.74, 6) is 1.15. The molecule has 2 N–H and O–H groups in total. The van der Waals surface area contributed by atoms with E-state index < -0.39 is 0 Å². The number of hydrogen-bond acceptors (Lipinski definition) is 3. The van der Waals surface area contributed by atoms with Crippen molar-refractivity contribution >= 4 is 17.4 Å². The topological polar surface area (TPSA) is 41.5 Å². The number of aliphatic hydroxyl groups is 1. The second-order valence-corrected chi connectivity index (χ2v) is 6.97. The summed E-state index contributed by atoms with van der Waals surface area (Å²) < 4.78 is 6.13. The van der Waals surface area contributed by atoms with Crippen LogP contribution < -0.4 is 10.1 Å². The van der Waals surface area contributed by atoms with Crippen LogP contribution >= 0.6 is 11.6 Å². The first-order valence-electron chi connectivity index (χ1n) is 9.62. The highest BCUT2D eigenvalue weighted by atomic mass is 35.5. The maximum atomic E-state index is 9.61. The summed E-state index contributed by atoms with van der Waals surface area (Å²) in [6, 6.07) is 16.0. The summed E-state index contributed by atoms with van der Waals surface area (Å²) in [5.41, 5.74) is 2.83. The molecule has 0 bridgehead atoms. The van der Waals surface area contributed by atoms with E-state index in [9.17, 15) is 5.11 Å². The van der Waals surface area contributed by atoms with Crippen LogP contribution in [0.3, 0.4) is 0 Å². The summed E-state index contributed by atoms with van der Waals surface area (Å²) in [4.78, 5) is 0. The molecule has 0 fully saturated rings. The van der Waals surface area contributed by atoms with Crippen LogP contribution in [-0.4, -0.2) is 17.8 Å². The number of halogens is 1. The van der Waals surface area contributed by atoms with E-state index in [-0.39, 0.29) is 11.9 Å². The van der Waals surface area contributed by atoms with Gasteiger partial charge in [-0.15, -0.1) is 11.6 Å². The first kappa shape index (κ1) is 21.3. The van der Waals surface area contributed by atoms with Crippen molar-refractivity contribution in [1.29, 1.82) is 0 Å². The molecule has 0 aliphatic rings. The largest absolute Gasteiger partial charge is 0.508 e. The summed E-state index contributed by atoms with van der Waals surface area (Å²) >= 11 is 5.98. The van der Waals surface area contributed by atoms with Gasteiger partial charge in [-0.25, -0.2) is 0 Å². The van der Waals surface area contributed by atoms with E-state index >= 15 is 0 Å². The van der Waals surface area contributed by atoms with Gasteiger partial charge in [-0.3, -0.25) is 0 Å². The standard InChI is InChI=1S/C23H30ClNO2/c1-3-21(11-7-8-14-25-17-19-9-5-4-6-10-19)27-22-12-13-23(18(2)26)20(15-22)16-24/h4-6,9-10,12-13,15,21,25-26H,2-3,7-8,11,14,16-17H2,1H3. The molecule has 3 nitrogen and oxygen atoms in total. The lowest BCUT2D eigenvalue weighted by atomic mass is 10.1. The molecule has 4 heteroatoms. The fourth-order valence-corrected chi connectivity index (χ4v) is 3.25. The number of alkyl halides is 1. The number of aliphatic hydroxyl groups excluding tert-OH is 1. The molecule has 1 unspecified atom stereocenters. The summed E-state index contributed by atoms with van der Waals surface area (Å²) in [7, 11) is 0. The fourth-order valence-electron chi connectivity index (χ4n) is 3.02. The highest BCUT2D eigenvalue weighted by Crippen LogP contribution is 2.25. The molecule has 0 aliphatic carbocycles. The number of ether oxygens (including phenoxy) is 1. The van der Waals surface area contributed by atoms with Gasteiger partial charge in [0, 0.05) is 18.0 Å². The quantitative estimate of drug-likeness (QED) is 0.264. The van der Waals surface area contributed by atoms with Crippen molar-refractivity contribution in [2.45, 2.75) is 51.1 Å². The van der Waals surface area contributed by atoms with Gasteiger partial charge in [0.25, 0.3) is 0 Å². The van der Waals surface area contributed by atoms with Gasteiger partial charge < -0.3 is 15.2 Å². The molecule has 0 heterocycles. The fraction of sp³-hybridized carbons (Fsp3) is 0.391. The van der Waals surface area contributed by atoms with Gasteiger partial charge in [0.1, 0.15) is 11.5 Å². The Hall–Kier alpha value is -1.97. The minimum atomic E-state index is 0.0345. The van der Waals surface area contributed by atoms with Crippen LogP contribution in [-0.2, 0) is 12.4 Å². The Morgan fingerprint density at radius 2 is 1.96 bits per heavy atom. The smallest absolute Gasteiger partial charge is 0.120 e. The molecule has 27 heavy (non-hydrogen) atoms. The average molecular weight is 388 g/mol. The van der Waals surface area contributed by atoms with Crippen molar-refractivity contribution in [3.8, 4) is 5.75 Å². The average Bonchev–Trinajstić information content (AvgIpc) is 2.70. The molecule has 0 spiro atoms. The van der Waals surface area contributed by atoms with Crippen molar-refractivity contribution in [2.75, 3.05) is 6.54 Å². The third-order valence-electron chi connectivity index (χ3n) is 4.59. The zero-order chi connectivity index (χ0) is 19.5. The Balaban J connectivity index is 1.73. The maximum Gasteiger partial charge on any atom is 0.120 e. The van der Waals surface area contributed by atoms with Gasteiger partial charge in [0.05, 0.1) is 6.10 Å². The van der Waals surface area contributed by atoms with Crippen LogP contribution in [0.1, 0.15) is 49.3 Å². The number of nitrogens with one attached hydrogen (secondary N) is 1. The van der Waals surface area contributed by atoms with Gasteiger partial charge in [0.15, 0.2) is 0 Å². The van der Waals surface area contributed by atoms with E-state index in [0.29, 0.717) is 11.4 Å². The van der Waals surface area contributed by atoms with Crippen molar-refractivity contribution in [3.63, 3.8) is 0 Å². The third-order valence-corrected chi connectivity index (χ3v) is 4.88. The second kappa shape index (κ2) is 11.7. The second-order valence-electron chi connectivity index (χ2n) is 6.71. The molecular formula is C23H30ClNO2. The number of benzene rings is 2. The van der Waals surface area contributed by atoms with Crippen molar-refractivity contribution < 1.29 is 9.84 Å². The zero-order valence-corrected chi connectivity index (χ0v) is 16.8. The van der Waals surface area contributed by atoms with E-state index in [1.807, 2.05) is 24.3 Å². The van der Waals surface area contributed by atoms with Gasteiger partial charge in [-0.05, 0) is 61.6 Å². The zero-order valence-electron chi connectivity index (χ0n) is 16.1. The van der Waals surface area contributed by atoms with Gasteiger partial charge in [0.2, 0.25) is 0 Å². The molecule has 0 saturated heterocycles. The van der Waals surface area contributed by atoms with Crippen molar-refractivity contribution in [1.82, 2.24) is 5.32 Å². The van der Waals surface area contributed by atoms with E-state index in [1.165, 1.54) is 5.56 Å². The lowest BCUT2D eigenvalue weighted by Gasteiger charge is -2.19. The molecule has 0 radical (unpaired) electrons. The minimum absolute atomic E-state index is 0.0345. The number of unbranched alkanes of at least 4 members (excludes halogenated alkanes) is 1. The highest BCUT2D eigenvalue weighted by Gasteiger charge is 2.11. The molecule has 2 aromatic rings. The summed E-state index contributed by atoms with van der Waals surface area (Å²) in [6.45, 7) is 7.64. The van der Waals surface area contributed by atoms with Crippen LogP contribution in [0, 0.1) is 0 Å². The Labute approximate surface area is 168 Å². The monoisotopic (exact) mass is 387 g/mol. The normalized spacial score (nSPS) is 11.9. The van der Waals surface area contributed by atoms with Crippen LogP contribution in [0.2, 0.25) is 0 Å². The molecular weight excluding hydrogens is 358 g/mol. The molecule has 0 saturated carbocycles. The SMILES string of the molecule is C=C(O)c1ccc(OC(CC)CCCCNCc2ccccc2)cc1CCl. The van der Waals surface area contributed by atoms with Crippen LogP contribution in [0.25, 0.3) is 5.76 Å². The number of rotatable bonds is 12. The predicted octanol–water partition coefficient (Wildman–Crippen LogP) is 6.07. The van der Waals surface area contributed by atoms with Crippen molar-refractivity contribution in [2.24, 2.45) is 0 Å². The van der Waals surface area contributed by atoms with E-state index in [2.05, 4.69) is 43.1 Å². The van der Waals surface area contributed by atoms with E-state index in [1.54, 1.807) is 0 Å². The van der Waals surface area contributed by atoms with Gasteiger partial charge in [-0.1, -0.05) is 43.8 Å². The molecule has 0 aromatic heterocycles. The first-order valence-corrected chi connectivity index (χ1v) is 10.2. The molecule has 2 aromatic carbocycles. The summed E-state index contributed by atoms with van der Waals surface area (Å²) in [5, 5.41) is 13.1. The molecule has 2 rings (SSSR count). The van der Waals surface area contributed by atoms with Gasteiger partial charge in [-0.2, -0.15) is 0 Å². The summed E-state index contributed by atoms with van der Waals surface area (Å²) in [6.07, 6.45) is 4.42. The van der Waals surface area contributed by atoms with Crippen LogP contribution in [0.4, 0.5) is 0 Å². The Kier molecular flexibility index (Phi) is 9.23. The lowest BCUT2D eigenvalue weighted by molar-refractivity contribution is 0.182. The number of hydrogen-bond donors (Lipinski definition) is 2. The van der Waals surface area contributed by atoms with Crippen LogP contribution in [0.5, 0.6) is 5.75 Å². The molecule has 0 aliphatic heterocycles. The Bertz CT molecular complexity index is 703. The van der Waals surface area contributed by atoms with Crippen LogP contribution in [0.15, 0.2) is 55.1 Å². The molecule has 1 atom stereocenters. The molecule has 0 amide bonds. The first-order chi connectivity index (χ1) is 13.1. The van der Waals surface area contributed by atoms with E-state index in [4.69, 9.17) is 16.3 Å². The third kappa shape index (κ3) is 7.28. The Morgan fingerprint density at radius 1 is 1.19 bits per heavy atom. The predicted molar refractivity (Wildman–Crippen MR) is 114 cm³/mol. The Morgan fingerprint density at radius 3 is 2.63 bits per heavy atom. The van der Waals surface area contributed by atoms with Crippen molar-refractivity contribution in [3.05, 3.63) is 71.8 Å². The minimum Gasteiger partial charge on any atom is -0.508 e. The van der Waals surface area contributed by atoms with E-state index in [0.717, 1.165) is 50.1 Å². The maximum absolute atomic E-state index is 9.61. The highest BCUT2D eigenvalue weighted by molar-refractivity contribution is 6.17. The lowest BCUT2D eigenvalue weighted by Crippen LogP contribution is -2.18. The van der Waals surface area contributed by atoms with Gasteiger partial charge >= 0.3 is 0 Å². The molecule has 146 valence electrons.